The summed E-state index contributed by atoms with van der Waals surface area (Å²) in [6.07, 6.45) is 0. The Kier molecular flexibility index (Phi) is 4.39. The van der Waals surface area contributed by atoms with E-state index in [0.29, 0.717) is 18.9 Å². The number of nitriles is 1. The van der Waals surface area contributed by atoms with E-state index in [0.717, 1.165) is 10.8 Å². The first-order valence-corrected chi connectivity index (χ1v) is 6.84. The molecule has 1 atom stereocenters. The number of carboxylic acids is 1. The van der Waals surface area contributed by atoms with Crippen LogP contribution >= 0.6 is 0 Å². The topological polar surface area (TPSA) is 77.2 Å². The van der Waals surface area contributed by atoms with E-state index in [9.17, 15) is 9.90 Å². The van der Waals surface area contributed by atoms with E-state index in [1.165, 1.54) is 0 Å². The summed E-state index contributed by atoms with van der Waals surface area (Å²) in [5, 5.41) is 19.9. The molecule has 5 nitrogen and oxygen atoms in total. The van der Waals surface area contributed by atoms with Crippen LogP contribution in [0.15, 0.2) is 30.3 Å². The van der Waals surface area contributed by atoms with Gasteiger partial charge in [-0.2, -0.15) is 5.26 Å². The van der Waals surface area contributed by atoms with Gasteiger partial charge < -0.3 is 10.0 Å². The van der Waals surface area contributed by atoms with Crippen molar-refractivity contribution in [1.82, 2.24) is 4.98 Å². The molecular weight excluding hydrogens is 266 g/mol. The molecule has 1 heterocycles. The average Bonchev–Trinajstić information content (AvgIpc) is 2.51. The van der Waals surface area contributed by atoms with Gasteiger partial charge in [0, 0.05) is 18.5 Å². The number of anilines is 1. The van der Waals surface area contributed by atoms with E-state index in [1.807, 2.05) is 43.0 Å². The van der Waals surface area contributed by atoms with Gasteiger partial charge in [-0.25, -0.2) is 9.78 Å². The van der Waals surface area contributed by atoms with Crippen molar-refractivity contribution in [3.63, 3.8) is 0 Å². The lowest BCUT2D eigenvalue weighted by molar-refractivity contribution is 0.0691. The third-order valence-electron chi connectivity index (χ3n) is 3.34. The van der Waals surface area contributed by atoms with Gasteiger partial charge in [0.2, 0.25) is 0 Å². The zero-order chi connectivity index (χ0) is 15.4. The molecule has 0 saturated carbocycles. The van der Waals surface area contributed by atoms with Gasteiger partial charge in [0.15, 0.2) is 5.69 Å². The van der Waals surface area contributed by atoms with Crippen LogP contribution in [0, 0.1) is 17.2 Å². The van der Waals surface area contributed by atoms with Gasteiger partial charge in [0.25, 0.3) is 0 Å². The Morgan fingerprint density at radius 3 is 2.81 bits per heavy atom. The summed E-state index contributed by atoms with van der Waals surface area (Å²) in [7, 11) is 0. The number of pyridine rings is 1. The number of rotatable bonds is 5. The zero-order valence-corrected chi connectivity index (χ0v) is 12.1. The Bertz CT molecular complexity index is 706. The van der Waals surface area contributed by atoms with Gasteiger partial charge in [-0.3, -0.25) is 0 Å². The summed E-state index contributed by atoms with van der Waals surface area (Å²) in [6.45, 7) is 4.99. The van der Waals surface area contributed by atoms with Gasteiger partial charge in [-0.1, -0.05) is 24.3 Å². The van der Waals surface area contributed by atoms with Crippen molar-refractivity contribution >= 4 is 22.6 Å². The van der Waals surface area contributed by atoms with E-state index >= 15 is 0 Å². The number of hydrogen-bond acceptors (Lipinski definition) is 4. The Morgan fingerprint density at radius 1 is 1.48 bits per heavy atom. The van der Waals surface area contributed by atoms with Crippen LogP contribution in [0.1, 0.15) is 24.3 Å². The molecule has 21 heavy (non-hydrogen) atoms. The molecule has 1 N–H and O–H groups in total. The number of hydrogen-bond donors (Lipinski definition) is 1. The summed E-state index contributed by atoms with van der Waals surface area (Å²) in [5.41, 5.74) is 0.0201. The zero-order valence-electron chi connectivity index (χ0n) is 12.1. The third-order valence-corrected chi connectivity index (χ3v) is 3.34. The second-order valence-corrected chi connectivity index (χ2v) is 4.93. The Balaban J connectivity index is 2.59. The van der Waals surface area contributed by atoms with Crippen molar-refractivity contribution in [1.29, 1.82) is 5.26 Å². The number of fused-ring (bicyclic) bond motifs is 1. The SMILES string of the molecule is CCN(CC(C)C#N)c1nc(C(=O)O)cc2ccccc12. The number of carboxylic acid groups (broad SMARTS) is 1. The maximum atomic E-state index is 11.3. The highest BCUT2D eigenvalue weighted by Gasteiger charge is 2.16. The van der Waals surface area contributed by atoms with Crippen LogP contribution in [0.5, 0.6) is 0 Å². The summed E-state index contributed by atoms with van der Waals surface area (Å²) in [4.78, 5) is 17.5. The van der Waals surface area contributed by atoms with E-state index < -0.39 is 5.97 Å². The molecule has 0 aliphatic rings. The van der Waals surface area contributed by atoms with E-state index in [2.05, 4.69) is 11.1 Å². The summed E-state index contributed by atoms with van der Waals surface area (Å²) in [6, 6.07) is 11.3. The summed E-state index contributed by atoms with van der Waals surface area (Å²) < 4.78 is 0. The summed E-state index contributed by atoms with van der Waals surface area (Å²) >= 11 is 0. The molecule has 0 amide bonds. The fourth-order valence-corrected chi connectivity index (χ4v) is 2.27. The second-order valence-electron chi connectivity index (χ2n) is 4.93. The first kappa shape index (κ1) is 14.8. The quantitative estimate of drug-likeness (QED) is 0.912. The highest BCUT2D eigenvalue weighted by atomic mass is 16.4. The minimum atomic E-state index is -1.05. The maximum Gasteiger partial charge on any atom is 0.354 e. The number of nitrogens with zero attached hydrogens (tertiary/aromatic N) is 3. The molecule has 108 valence electrons. The van der Waals surface area contributed by atoms with E-state index in [-0.39, 0.29) is 11.6 Å². The number of benzene rings is 1. The van der Waals surface area contributed by atoms with Gasteiger partial charge in [0.05, 0.1) is 12.0 Å². The lowest BCUT2D eigenvalue weighted by Gasteiger charge is -2.24. The predicted octanol–water partition coefficient (Wildman–Crippen LogP) is 2.92. The highest BCUT2D eigenvalue weighted by Crippen LogP contribution is 2.26. The summed E-state index contributed by atoms with van der Waals surface area (Å²) in [5.74, 6) is -0.583. The number of aromatic nitrogens is 1. The third kappa shape index (κ3) is 3.11. The highest BCUT2D eigenvalue weighted by molar-refractivity contribution is 5.98. The monoisotopic (exact) mass is 283 g/mol. The molecule has 0 radical (unpaired) electrons. The van der Waals surface area contributed by atoms with Gasteiger partial charge >= 0.3 is 5.97 Å². The standard InChI is InChI=1S/C16H17N3O2/c1-3-19(10-11(2)9-17)15-13-7-5-4-6-12(13)8-14(18-15)16(20)21/h4-8,11H,3,10H2,1-2H3,(H,20,21). The molecule has 0 spiro atoms. The minimum Gasteiger partial charge on any atom is -0.477 e. The van der Waals surface area contributed by atoms with Crippen LogP contribution in [0.2, 0.25) is 0 Å². The Labute approximate surface area is 123 Å². The first-order valence-electron chi connectivity index (χ1n) is 6.84. The number of carbonyl (C=O) groups is 1. The van der Waals surface area contributed by atoms with E-state index in [4.69, 9.17) is 5.26 Å². The molecule has 1 aromatic carbocycles. The van der Waals surface area contributed by atoms with Crippen LogP contribution < -0.4 is 4.90 Å². The molecule has 1 aromatic heterocycles. The van der Waals surface area contributed by atoms with Crippen molar-refractivity contribution in [2.24, 2.45) is 5.92 Å². The molecule has 0 aliphatic heterocycles. The Morgan fingerprint density at radius 2 is 2.19 bits per heavy atom. The molecule has 2 aromatic rings. The lowest BCUT2D eigenvalue weighted by atomic mass is 10.1. The van der Waals surface area contributed by atoms with Crippen LogP contribution in [-0.4, -0.2) is 29.1 Å². The molecule has 5 heteroatoms. The smallest absolute Gasteiger partial charge is 0.354 e. The molecule has 0 bridgehead atoms. The van der Waals surface area contributed by atoms with Gasteiger partial charge in [-0.05, 0) is 25.3 Å². The van der Waals surface area contributed by atoms with Crippen molar-refractivity contribution in [3.05, 3.63) is 36.0 Å². The lowest BCUT2D eigenvalue weighted by Crippen LogP contribution is -2.29. The fraction of sp³-hybridized carbons (Fsp3) is 0.312. The molecule has 1 unspecified atom stereocenters. The first-order chi connectivity index (χ1) is 10.1. The van der Waals surface area contributed by atoms with Crippen LogP contribution in [0.25, 0.3) is 10.8 Å². The normalized spacial score (nSPS) is 11.9. The molecular formula is C16H17N3O2. The molecule has 0 aliphatic carbocycles. The van der Waals surface area contributed by atoms with Crippen molar-refractivity contribution < 1.29 is 9.90 Å². The van der Waals surface area contributed by atoms with Crippen LogP contribution in [-0.2, 0) is 0 Å². The van der Waals surface area contributed by atoms with Crippen molar-refractivity contribution in [3.8, 4) is 6.07 Å². The average molecular weight is 283 g/mol. The largest absolute Gasteiger partial charge is 0.477 e. The fourth-order valence-electron chi connectivity index (χ4n) is 2.27. The van der Waals surface area contributed by atoms with Gasteiger partial charge in [0.1, 0.15) is 5.82 Å². The number of aromatic carboxylic acids is 1. The van der Waals surface area contributed by atoms with Crippen LogP contribution in [0.3, 0.4) is 0 Å². The maximum absolute atomic E-state index is 11.3. The Hall–Kier alpha value is -2.61. The van der Waals surface area contributed by atoms with Crippen molar-refractivity contribution in [2.45, 2.75) is 13.8 Å². The van der Waals surface area contributed by atoms with E-state index in [1.54, 1.807) is 6.07 Å². The molecule has 2 rings (SSSR count). The predicted molar refractivity (Wildman–Crippen MR) is 81.4 cm³/mol. The van der Waals surface area contributed by atoms with Gasteiger partial charge in [-0.15, -0.1) is 0 Å². The molecule has 0 fully saturated rings. The van der Waals surface area contributed by atoms with Crippen LogP contribution in [0.4, 0.5) is 5.82 Å². The minimum absolute atomic E-state index is 0.0201. The van der Waals surface area contributed by atoms with Crippen molar-refractivity contribution in [2.75, 3.05) is 18.0 Å². The molecule has 0 saturated heterocycles. The second kappa shape index (κ2) is 6.23.